The highest BCUT2D eigenvalue weighted by Crippen LogP contribution is 2.32. The van der Waals surface area contributed by atoms with Crippen molar-refractivity contribution in [3.63, 3.8) is 0 Å². The fourth-order valence-electron chi connectivity index (χ4n) is 3.62. The molecule has 3 rings (SSSR count). The van der Waals surface area contributed by atoms with Crippen molar-refractivity contribution in [1.82, 2.24) is 0 Å². The molecule has 0 saturated heterocycles. The molecule has 0 radical (unpaired) electrons. The van der Waals surface area contributed by atoms with E-state index >= 15 is 4.39 Å². The van der Waals surface area contributed by atoms with E-state index in [1.807, 2.05) is 42.5 Å². The van der Waals surface area contributed by atoms with Gasteiger partial charge in [-0.05, 0) is 59.2 Å². The van der Waals surface area contributed by atoms with Crippen molar-refractivity contribution >= 4 is 5.57 Å². The van der Waals surface area contributed by atoms with Gasteiger partial charge in [0.1, 0.15) is 18.2 Å². The van der Waals surface area contributed by atoms with Gasteiger partial charge in [0, 0.05) is 25.7 Å². The van der Waals surface area contributed by atoms with E-state index in [1.54, 1.807) is 13.2 Å². The maximum atomic E-state index is 15.2. The fourth-order valence-corrected chi connectivity index (χ4v) is 3.62. The van der Waals surface area contributed by atoms with Crippen LogP contribution in [0.15, 0.2) is 72.0 Å². The zero-order valence-electron chi connectivity index (χ0n) is 18.4. The van der Waals surface area contributed by atoms with Crippen LogP contribution < -0.4 is 0 Å². The molecule has 0 atom stereocenters. The van der Waals surface area contributed by atoms with Gasteiger partial charge in [-0.15, -0.1) is 0 Å². The molecule has 4 heteroatoms. The largest absolute Gasteiger partial charge is 0.495 e. The van der Waals surface area contributed by atoms with Crippen molar-refractivity contribution in [3.8, 4) is 11.1 Å². The predicted octanol–water partition coefficient (Wildman–Crippen LogP) is 6.09. The van der Waals surface area contributed by atoms with Crippen LogP contribution in [-0.4, -0.2) is 32.0 Å². The first-order chi connectivity index (χ1) is 15.1. The predicted molar refractivity (Wildman–Crippen MR) is 124 cm³/mol. The van der Waals surface area contributed by atoms with Gasteiger partial charge in [0.05, 0.1) is 6.61 Å². The highest BCUT2D eigenvalue weighted by atomic mass is 19.1. The van der Waals surface area contributed by atoms with Gasteiger partial charge in [0.2, 0.25) is 0 Å². The van der Waals surface area contributed by atoms with Crippen LogP contribution in [0.4, 0.5) is 4.39 Å². The molecule has 0 heterocycles. The molecule has 2 aromatic carbocycles. The summed E-state index contributed by atoms with van der Waals surface area (Å²) in [6.45, 7) is 3.19. The van der Waals surface area contributed by atoms with Crippen LogP contribution in [0.1, 0.15) is 37.3 Å². The molecule has 0 fully saturated rings. The molecule has 31 heavy (non-hydrogen) atoms. The Morgan fingerprint density at radius 1 is 1.00 bits per heavy atom. The van der Waals surface area contributed by atoms with Crippen LogP contribution in [0.5, 0.6) is 0 Å². The summed E-state index contributed by atoms with van der Waals surface area (Å²) >= 11 is 0. The van der Waals surface area contributed by atoms with E-state index in [1.165, 1.54) is 5.56 Å². The number of methoxy groups -OCH3 is 1. The normalized spacial score (nSPS) is 13.9. The molecule has 1 aliphatic rings. The van der Waals surface area contributed by atoms with Gasteiger partial charge < -0.3 is 14.6 Å². The molecule has 164 valence electrons. The second-order valence-corrected chi connectivity index (χ2v) is 7.63. The smallest absolute Gasteiger partial charge is 0.131 e. The molecule has 0 amide bonds. The average Bonchev–Trinajstić information content (AvgIpc) is 3.00. The summed E-state index contributed by atoms with van der Waals surface area (Å²) in [6.07, 6.45) is 8.86. The first-order valence-electron chi connectivity index (χ1n) is 10.9. The maximum absolute atomic E-state index is 15.2. The number of ether oxygens (including phenoxy) is 2. The molecule has 0 bridgehead atoms. The van der Waals surface area contributed by atoms with E-state index in [2.05, 4.69) is 19.1 Å². The highest BCUT2D eigenvalue weighted by molar-refractivity contribution is 5.73. The number of hydrogen-bond donors (Lipinski definition) is 1. The number of rotatable bonds is 10. The first-order valence-corrected chi connectivity index (χ1v) is 10.9. The maximum Gasteiger partial charge on any atom is 0.131 e. The summed E-state index contributed by atoms with van der Waals surface area (Å²) in [5.41, 5.74) is 5.64. The molecule has 0 aliphatic heterocycles. The van der Waals surface area contributed by atoms with Crippen molar-refractivity contribution in [2.45, 2.75) is 32.6 Å². The number of halogens is 1. The Bertz CT molecular complexity index is 955. The lowest BCUT2D eigenvalue weighted by atomic mass is 9.97. The zero-order chi connectivity index (χ0) is 22.1. The van der Waals surface area contributed by atoms with E-state index in [0.717, 1.165) is 40.9 Å². The second kappa shape index (κ2) is 11.6. The Labute approximate surface area is 184 Å². The molecule has 2 aromatic rings. The van der Waals surface area contributed by atoms with Crippen LogP contribution in [-0.2, 0) is 15.9 Å². The summed E-state index contributed by atoms with van der Waals surface area (Å²) in [4.78, 5) is 0. The van der Waals surface area contributed by atoms with E-state index < -0.39 is 0 Å². The molecule has 0 aromatic heterocycles. The van der Waals surface area contributed by atoms with Gasteiger partial charge in [-0.2, -0.15) is 0 Å². The molecular weight excluding hydrogens is 391 g/mol. The second-order valence-electron chi connectivity index (χ2n) is 7.63. The standard InChI is InChI=1S/C27H31FO3/c1-3-20-6-9-22(10-7-20)23-12-13-26(27(28)19-23)24-11-8-21(5-4-14-29)17-25(18-24)31-16-15-30-2/h6-13,17,19,29H,3-5,14-16,18H2,1-2H3. The van der Waals surface area contributed by atoms with Gasteiger partial charge >= 0.3 is 0 Å². The third kappa shape index (κ3) is 6.39. The summed E-state index contributed by atoms with van der Waals surface area (Å²) in [5, 5.41) is 9.16. The summed E-state index contributed by atoms with van der Waals surface area (Å²) in [5.74, 6) is 0.537. The van der Waals surface area contributed by atoms with Crippen molar-refractivity contribution in [2.75, 3.05) is 26.9 Å². The van der Waals surface area contributed by atoms with E-state index in [-0.39, 0.29) is 12.4 Å². The SMILES string of the molecule is CCc1ccc(-c2ccc(C3=CC=C(CCCO)C=C(OCCOC)C3)c(F)c2)cc1. The zero-order valence-corrected chi connectivity index (χ0v) is 18.4. The first kappa shape index (κ1) is 23.0. The van der Waals surface area contributed by atoms with Crippen molar-refractivity contribution in [3.05, 3.63) is 89.0 Å². The van der Waals surface area contributed by atoms with Crippen LogP contribution in [0, 0.1) is 5.82 Å². The molecule has 1 aliphatic carbocycles. The lowest BCUT2D eigenvalue weighted by molar-refractivity contribution is 0.108. The van der Waals surface area contributed by atoms with Gasteiger partial charge in [0.25, 0.3) is 0 Å². The molecule has 1 N–H and O–H groups in total. The van der Waals surface area contributed by atoms with Crippen LogP contribution in [0.3, 0.4) is 0 Å². The lowest BCUT2D eigenvalue weighted by Gasteiger charge is -2.14. The molecule has 0 spiro atoms. The van der Waals surface area contributed by atoms with Gasteiger partial charge in [-0.25, -0.2) is 4.39 Å². The third-order valence-corrected chi connectivity index (χ3v) is 5.42. The van der Waals surface area contributed by atoms with Gasteiger partial charge in [-0.1, -0.05) is 55.5 Å². The Balaban J connectivity index is 1.86. The van der Waals surface area contributed by atoms with E-state index in [4.69, 9.17) is 14.6 Å². The number of aliphatic hydroxyl groups is 1. The molecule has 3 nitrogen and oxygen atoms in total. The monoisotopic (exact) mass is 422 g/mol. The number of aliphatic hydroxyl groups excluding tert-OH is 1. The fraction of sp³-hybridized carbons (Fsp3) is 0.333. The molecule has 0 unspecified atom stereocenters. The number of aryl methyl sites for hydroxylation is 1. The Kier molecular flexibility index (Phi) is 8.63. The van der Waals surface area contributed by atoms with Gasteiger partial charge in [-0.3, -0.25) is 0 Å². The van der Waals surface area contributed by atoms with E-state index in [0.29, 0.717) is 31.6 Å². The summed E-state index contributed by atoms with van der Waals surface area (Å²) in [7, 11) is 1.63. The summed E-state index contributed by atoms with van der Waals surface area (Å²) < 4.78 is 26.1. The van der Waals surface area contributed by atoms with Crippen molar-refractivity contribution < 1.29 is 19.0 Å². The average molecular weight is 423 g/mol. The Morgan fingerprint density at radius 2 is 1.77 bits per heavy atom. The quantitative estimate of drug-likeness (QED) is 0.471. The Morgan fingerprint density at radius 3 is 2.45 bits per heavy atom. The molecule has 0 saturated carbocycles. The minimum atomic E-state index is -0.244. The minimum absolute atomic E-state index is 0.136. The number of hydrogen-bond acceptors (Lipinski definition) is 3. The third-order valence-electron chi connectivity index (χ3n) is 5.42. The van der Waals surface area contributed by atoms with Crippen LogP contribution in [0.25, 0.3) is 16.7 Å². The highest BCUT2D eigenvalue weighted by Gasteiger charge is 2.15. The lowest BCUT2D eigenvalue weighted by Crippen LogP contribution is -2.03. The van der Waals surface area contributed by atoms with Crippen LogP contribution in [0.2, 0.25) is 0 Å². The molecular formula is C27H31FO3. The Hall–Kier alpha value is -2.69. The topological polar surface area (TPSA) is 38.7 Å². The van der Waals surface area contributed by atoms with Crippen molar-refractivity contribution in [2.24, 2.45) is 0 Å². The van der Waals surface area contributed by atoms with Crippen LogP contribution >= 0.6 is 0 Å². The minimum Gasteiger partial charge on any atom is -0.495 e. The summed E-state index contributed by atoms with van der Waals surface area (Å²) in [6, 6.07) is 13.7. The number of allylic oxidation sites excluding steroid dienone is 5. The van der Waals surface area contributed by atoms with E-state index in [9.17, 15) is 0 Å². The van der Waals surface area contributed by atoms with Crippen molar-refractivity contribution in [1.29, 1.82) is 0 Å². The number of benzene rings is 2. The van der Waals surface area contributed by atoms with Gasteiger partial charge in [0.15, 0.2) is 0 Å².